The standard InChI is InChI=1S/C46H69NO5Si.C35H47NO3/c1-17-46(18-2,36-25-23-33(31(3)29-36)24-28-39(43(5,6)7)52-53(15,16)45(11,12)13)37-26-27-38(32(4)30-37)34-19-21-35(22-20-34)40(41(48)50-14)47-42(49)51-44(8,9)10;1-9-35(10-2,28-17-15-25(23(3)21-28)16-20-31(37)34(5,6)7)29-18-19-30(24(4)22-29)26-11-13-27(14-12-26)32(36)33(38)39-8/h19-23,25-27,29-30,39-40H,17-18,24,28H2,1-16H3,(H,47,49);11-15,17-19,21-22,31-32,37H,9-10,16,20,36H2,1-8H3/t39?,40-;31?,32-/m11/s1. The van der Waals surface area contributed by atoms with Crippen LogP contribution in [0.2, 0.25) is 18.1 Å². The molecule has 502 valence electrons. The van der Waals surface area contributed by atoms with Crippen LogP contribution in [0.1, 0.15) is 228 Å². The van der Waals surface area contributed by atoms with Crippen molar-refractivity contribution in [2.45, 2.75) is 249 Å². The number of amides is 1. The van der Waals surface area contributed by atoms with E-state index in [0.29, 0.717) is 5.56 Å². The summed E-state index contributed by atoms with van der Waals surface area (Å²) in [4.78, 5) is 37.0. The molecule has 4 N–H and O–H groups in total. The van der Waals surface area contributed by atoms with Crippen LogP contribution in [0.25, 0.3) is 22.3 Å². The first-order valence-corrected chi connectivity index (χ1v) is 36.6. The molecule has 1 amide bonds. The van der Waals surface area contributed by atoms with Gasteiger partial charge in [0.05, 0.1) is 26.4 Å². The van der Waals surface area contributed by atoms with Crippen LogP contribution in [0.5, 0.6) is 0 Å². The Morgan fingerprint density at radius 3 is 1.23 bits per heavy atom. The lowest BCUT2D eigenvalue weighted by Gasteiger charge is -2.43. The maximum absolute atomic E-state index is 12.6. The van der Waals surface area contributed by atoms with E-state index in [1.54, 1.807) is 20.8 Å². The molecule has 2 unspecified atom stereocenters. The van der Waals surface area contributed by atoms with E-state index < -0.39 is 44.0 Å². The number of carbonyl (C=O) groups is 3. The number of nitrogens with two attached hydrogens (primary N) is 1. The fourth-order valence-corrected chi connectivity index (χ4v) is 14.1. The molecule has 0 saturated carbocycles. The molecule has 0 bridgehead atoms. The van der Waals surface area contributed by atoms with Crippen molar-refractivity contribution in [1.29, 1.82) is 0 Å². The Labute approximate surface area is 556 Å². The van der Waals surface area contributed by atoms with Crippen LogP contribution in [0.4, 0.5) is 4.79 Å². The predicted octanol–water partition coefficient (Wildman–Crippen LogP) is 19.8. The van der Waals surface area contributed by atoms with Gasteiger partial charge in [0.25, 0.3) is 0 Å². The molecule has 0 heterocycles. The Balaban J connectivity index is 0.000000349. The van der Waals surface area contributed by atoms with Crippen molar-refractivity contribution in [3.8, 4) is 22.3 Å². The van der Waals surface area contributed by atoms with Crippen LogP contribution in [0, 0.1) is 38.5 Å². The fourth-order valence-electron chi connectivity index (χ4n) is 12.6. The van der Waals surface area contributed by atoms with Gasteiger partial charge < -0.3 is 34.8 Å². The van der Waals surface area contributed by atoms with Gasteiger partial charge in [0.15, 0.2) is 14.4 Å². The van der Waals surface area contributed by atoms with Gasteiger partial charge in [-0.3, -0.25) is 4.79 Å². The highest BCUT2D eigenvalue weighted by atomic mass is 28.4. The van der Waals surface area contributed by atoms with E-state index in [2.05, 4.69) is 209 Å². The first-order chi connectivity index (χ1) is 42.8. The van der Waals surface area contributed by atoms with Crippen molar-refractivity contribution in [3.63, 3.8) is 0 Å². The molecule has 6 aromatic rings. The van der Waals surface area contributed by atoms with Crippen LogP contribution >= 0.6 is 0 Å². The molecule has 0 fully saturated rings. The average molecular weight is 1270 g/mol. The highest BCUT2D eigenvalue weighted by molar-refractivity contribution is 6.74. The molecule has 6 rings (SSSR count). The van der Waals surface area contributed by atoms with Crippen molar-refractivity contribution in [2.75, 3.05) is 14.2 Å². The van der Waals surface area contributed by atoms with Gasteiger partial charge in [-0.1, -0.05) is 211 Å². The van der Waals surface area contributed by atoms with Crippen molar-refractivity contribution in [3.05, 3.63) is 188 Å². The maximum atomic E-state index is 12.6. The quantitative estimate of drug-likeness (QED) is 0.0324. The number of aliphatic hydroxyl groups is 1. The molecule has 0 aromatic heterocycles. The third-order valence-electron chi connectivity index (χ3n) is 20.0. The van der Waals surface area contributed by atoms with E-state index in [1.165, 1.54) is 75.4 Å². The second-order valence-electron chi connectivity index (χ2n) is 30.5. The van der Waals surface area contributed by atoms with Crippen LogP contribution in [0.3, 0.4) is 0 Å². The number of ether oxygens (including phenoxy) is 3. The van der Waals surface area contributed by atoms with Crippen molar-refractivity contribution in [2.24, 2.45) is 16.6 Å². The van der Waals surface area contributed by atoms with E-state index >= 15 is 0 Å². The Kier molecular flexibility index (Phi) is 25.9. The normalized spacial score (nSPS) is 13.9. The summed E-state index contributed by atoms with van der Waals surface area (Å²) < 4.78 is 22.2. The molecule has 0 aliphatic carbocycles. The summed E-state index contributed by atoms with van der Waals surface area (Å²) in [5.74, 6) is -1.00. The minimum atomic E-state index is -1.90. The third kappa shape index (κ3) is 18.7. The average Bonchev–Trinajstić information content (AvgIpc) is 0.781. The Hall–Kier alpha value is -6.37. The predicted molar refractivity (Wildman–Crippen MR) is 385 cm³/mol. The summed E-state index contributed by atoms with van der Waals surface area (Å²) in [5.41, 5.74) is 23.9. The second-order valence-corrected chi connectivity index (χ2v) is 35.2. The first-order valence-electron chi connectivity index (χ1n) is 33.7. The fraction of sp³-hybridized carbons (Fsp3) is 0.519. The summed E-state index contributed by atoms with van der Waals surface area (Å²) in [5, 5.41) is 13.4. The number of esters is 2. The van der Waals surface area contributed by atoms with Crippen LogP contribution in [0.15, 0.2) is 121 Å². The minimum absolute atomic E-state index is 0.0689. The number of methoxy groups -OCH3 is 2. The molecule has 4 atom stereocenters. The zero-order valence-corrected chi connectivity index (χ0v) is 61.9. The zero-order valence-electron chi connectivity index (χ0n) is 60.9. The van der Waals surface area contributed by atoms with Crippen LogP contribution < -0.4 is 11.1 Å². The largest absolute Gasteiger partial charge is 0.468 e. The molecule has 10 nitrogen and oxygen atoms in total. The van der Waals surface area contributed by atoms with Crippen LogP contribution in [-0.4, -0.2) is 63.5 Å². The highest BCUT2D eigenvalue weighted by Gasteiger charge is 2.42. The van der Waals surface area contributed by atoms with Gasteiger partial charge in [-0.05, 0) is 218 Å². The SMILES string of the molecule is CCC(CC)(c1ccc(CCC(O)C(C)(C)C)c(C)c1)c1ccc(-c2ccc([C@@H](N)C(=O)OC)cc2)c(C)c1.CCC(CC)(c1ccc(CCC(O[Si](C)(C)C(C)(C)C)C(C)(C)C)c(C)c1)c1ccc(-c2ccc([C@@H](NC(=O)OC(C)(C)C)C(=O)OC)cc2)c(C)c1. The van der Waals surface area contributed by atoms with Gasteiger partial charge >= 0.3 is 18.0 Å². The second kappa shape index (κ2) is 31.2. The third-order valence-corrected chi connectivity index (χ3v) is 24.5. The molecule has 11 heteroatoms. The number of carbonyl (C=O) groups excluding carboxylic acids is 3. The van der Waals surface area contributed by atoms with Crippen molar-refractivity contribution in [1.82, 2.24) is 5.32 Å². The number of benzene rings is 6. The molecule has 0 radical (unpaired) electrons. The molecule has 0 spiro atoms. The van der Waals surface area contributed by atoms with Gasteiger partial charge in [-0.2, -0.15) is 0 Å². The van der Waals surface area contributed by atoms with Crippen LogP contribution in [-0.2, 0) is 51.9 Å². The molecule has 0 aliphatic heterocycles. The van der Waals surface area contributed by atoms with Gasteiger partial charge in [0, 0.05) is 10.8 Å². The first kappa shape index (κ1) is 76.3. The number of hydrogen-bond acceptors (Lipinski definition) is 9. The molecule has 0 aliphatic rings. The monoisotopic (exact) mass is 1270 g/mol. The number of aryl methyl sites for hydroxylation is 6. The van der Waals surface area contributed by atoms with Gasteiger partial charge in [-0.25, -0.2) is 9.59 Å². The van der Waals surface area contributed by atoms with Gasteiger partial charge in [0.1, 0.15) is 11.6 Å². The van der Waals surface area contributed by atoms with Gasteiger partial charge in [-0.15, -0.1) is 0 Å². The van der Waals surface area contributed by atoms with Crippen molar-refractivity contribution >= 4 is 26.3 Å². The number of aliphatic hydroxyl groups excluding tert-OH is 1. The lowest BCUT2D eigenvalue weighted by molar-refractivity contribution is -0.143. The summed E-state index contributed by atoms with van der Waals surface area (Å²) >= 11 is 0. The Morgan fingerprint density at radius 1 is 0.511 bits per heavy atom. The smallest absolute Gasteiger partial charge is 0.408 e. The minimum Gasteiger partial charge on any atom is -0.468 e. The maximum Gasteiger partial charge on any atom is 0.408 e. The van der Waals surface area contributed by atoms with Crippen molar-refractivity contribution < 1.29 is 38.1 Å². The summed E-state index contributed by atoms with van der Waals surface area (Å²) in [6, 6.07) is 41.5. The number of nitrogens with one attached hydrogen (secondary N) is 1. The molecule has 92 heavy (non-hydrogen) atoms. The lowest BCUT2D eigenvalue weighted by Crippen LogP contribution is -2.47. The summed E-state index contributed by atoms with van der Waals surface area (Å²) in [6.07, 6.45) is 6.85. The van der Waals surface area contributed by atoms with E-state index in [4.69, 9.17) is 24.4 Å². The summed E-state index contributed by atoms with van der Waals surface area (Å²) in [7, 11) is 0.758. The van der Waals surface area contributed by atoms with E-state index in [9.17, 15) is 19.5 Å². The highest BCUT2D eigenvalue weighted by Crippen LogP contribution is 2.45. The Bertz CT molecular complexity index is 3420. The van der Waals surface area contributed by atoms with E-state index in [0.717, 1.165) is 73.6 Å². The number of hydrogen-bond donors (Lipinski definition) is 3. The molecule has 0 saturated heterocycles. The number of alkyl carbamates (subject to hydrolysis) is 1. The Morgan fingerprint density at radius 2 is 0.891 bits per heavy atom. The van der Waals surface area contributed by atoms with Gasteiger partial charge in [0.2, 0.25) is 0 Å². The van der Waals surface area contributed by atoms with E-state index in [-0.39, 0.29) is 38.9 Å². The zero-order chi connectivity index (χ0) is 69.1. The topological polar surface area (TPSA) is 146 Å². The molecule has 6 aromatic carbocycles. The lowest BCUT2D eigenvalue weighted by atomic mass is 9.69. The van der Waals surface area contributed by atoms with E-state index in [1.807, 2.05) is 48.5 Å². The number of rotatable bonds is 23. The summed E-state index contributed by atoms with van der Waals surface area (Å²) in [6.45, 7) is 48.2. The molecular formula is C81H116N2O8Si. The molecular weight excluding hydrogens is 1160 g/mol.